The summed E-state index contributed by atoms with van der Waals surface area (Å²) in [6.45, 7) is 1.48. The maximum Gasteiger partial charge on any atom is 0.321 e. The van der Waals surface area contributed by atoms with E-state index in [9.17, 15) is 19.2 Å². The van der Waals surface area contributed by atoms with E-state index in [1.165, 1.54) is 7.11 Å². The van der Waals surface area contributed by atoms with Crippen molar-refractivity contribution in [3.05, 3.63) is 0 Å². The molecule has 8 N–H and O–H groups in total. The van der Waals surface area contributed by atoms with Crippen molar-refractivity contribution in [1.82, 2.24) is 25.0 Å². The molecule has 0 aromatic rings. The number of nitrogens with zero attached hydrogens (tertiary/aromatic N) is 1. The lowest BCUT2D eigenvalue weighted by Crippen LogP contribution is -2.39. The van der Waals surface area contributed by atoms with Crippen molar-refractivity contribution in [2.24, 2.45) is 5.73 Å². The van der Waals surface area contributed by atoms with E-state index in [0.29, 0.717) is 34.8 Å². The Morgan fingerprint density at radius 1 is 0.843 bits per heavy atom. The van der Waals surface area contributed by atoms with Crippen LogP contribution in [0.4, 0.5) is 0 Å². The number of hydrogen-bond donors (Lipinski definition) is 7. The Kier molecular flexibility index (Phi) is 43.2. The first-order valence-electron chi connectivity index (χ1n) is 14.1. The molecule has 1 heterocycles. The van der Waals surface area contributed by atoms with Crippen molar-refractivity contribution in [3.8, 4) is 0 Å². The van der Waals surface area contributed by atoms with Crippen molar-refractivity contribution in [1.29, 1.82) is 0 Å². The second-order valence-corrected chi connectivity index (χ2v) is 66.5. The molecule has 13 nitrogen and oxygen atoms in total. The Labute approximate surface area is 345 Å². The summed E-state index contributed by atoms with van der Waals surface area (Å²) in [6.07, 6.45) is 2.54. The van der Waals surface area contributed by atoms with Gasteiger partial charge in [-0.15, -0.1) is 62.5 Å². The van der Waals surface area contributed by atoms with Crippen molar-refractivity contribution in [2.75, 3.05) is 20.2 Å². The molecule has 0 aliphatic carbocycles. The van der Waals surface area contributed by atoms with Crippen LogP contribution in [-0.4, -0.2) is 83.1 Å². The fourth-order valence-corrected chi connectivity index (χ4v) is 20.5. The Balaban J connectivity index is 0. The Bertz CT molecular complexity index is 1010. The number of amides is 1. The average molecular weight is 1130 g/mol. The van der Waals surface area contributed by atoms with Crippen LogP contribution in [0, 0.1) is 0 Å². The number of nitrogens with one attached hydrogen (secondary N) is 4. The lowest BCUT2D eigenvalue weighted by atomic mass is 10.1. The smallest absolute Gasteiger partial charge is 0.321 e. The van der Waals surface area contributed by atoms with Crippen LogP contribution in [0.2, 0.25) is 0 Å². The molecule has 24 unspecified atom stereocenters. The molecular weight excluding hydrogens is 1070 g/mol. The van der Waals surface area contributed by atoms with Gasteiger partial charge in [0.15, 0.2) is 0 Å². The number of carbonyl (C=O) groups excluding carboxylic acids is 2. The molecule has 0 spiro atoms. The third-order valence-corrected chi connectivity index (χ3v) is 64.5. The zero-order valence-electron chi connectivity index (χ0n) is 27.8. The van der Waals surface area contributed by atoms with E-state index >= 15 is 0 Å². The molecule has 0 aromatic heterocycles. The molecule has 1 rings (SSSR count). The van der Waals surface area contributed by atoms with Crippen LogP contribution in [0.1, 0.15) is 32.1 Å². The van der Waals surface area contributed by atoms with Crippen LogP contribution in [-0.2, 0) is 23.9 Å². The predicted molar refractivity (Wildman–Crippen MR) is 289 cm³/mol. The minimum Gasteiger partial charge on any atom is -0.480 e. The van der Waals surface area contributed by atoms with Gasteiger partial charge in [-0.1, -0.05) is 68.5 Å². The van der Waals surface area contributed by atoms with Gasteiger partial charge >= 0.3 is 17.9 Å². The van der Waals surface area contributed by atoms with Gasteiger partial charge in [0.25, 0.3) is 0 Å². The third kappa shape index (κ3) is 30.8. The Morgan fingerprint density at radius 3 is 1.73 bits per heavy atom. The van der Waals surface area contributed by atoms with Gasteiger partial charge in [-0.2, -0.15) is 0 Å². The number of carboxylic acids is 2. The minimum atomic E-state index is -0.940. The Morgan fingerprint density at radius 2 is 1.33 bits per heavy atom. The maximum absolute atomic E-state index is 11.7. The van der Waals surface area contributed by atoms with E-state index in [4.69, 9.17) is 20.7 Å². The standard InChI is InChI=1S/C7H23N2O2P9.C5H14N2O3P4.C4H19N2O2P9/c1-11-7(10)4-6-5(8-18(13)17-12)2-3-9(6)19(14)20(15)16;6-4(8)2-1-3(5(9)10)7-14(12)13-11;7-4(8)3(6-15(10)14-9)1-2-5-16(11)17(12)13/h5-6,8,17H,2-4,12-16H2,1H3;3,7,13H,1-2,11-12H2,(H2,6,8)(H,9,10);3,5-6,14H,1-2,9-13H2,(H,7,8). The summed E-state index contributed by atoms with van der Waals surface area (Å²) in [5.74, 6) is -2.29. The van der Waals surface area contributed by atoms with E-state index in [1.807, 2.05) is 0 Å². The predicted octanol–water partition coefficient (Wildman–Crippen LogP) is 8.93. The number of methoxy groups -OCH3 is 1. The normalized spacial score (nSPS) is 20.8. The fraction of sp³-hybridized carbons (Fsp3) is 0.750. The molecule has 51 heavy (non-hydrogen) atoms. The summed E-state index contributed by atoms with van der Waals surface area (Å²) in [6, 6.07) is -0.489. The van der Waals surface area contributed by atoms with Gasteiger partial charge in [0.2, 0.25) is 5.91 Å². The molecule has 0 saturated carbocycles. The molecule has 302 valence electrons. The molecule has 1 aliphatic heterocycles. The number of ether oxygens (including phenoxy) is 1. The highest BCUT2D eigenvalue weighted by Gasteiger charge is 2.39. The fourth-order valence-electron chi connectivity index (χ4n) is 3.68. The van der Waals surface area contributed by atoms with Crippen LogP contribution >= 0.6 is 182 Å². The molecule has 35 heteroatoms. The maximum atomic E-state index is 11.7. The van der Waals surface area contributed by atoms with Gasteiger partial charge in [-0.25, -0.2) is 0 Å². The number of esters is 1. The van der Waals surface area contributed by atoms with Crippen LogP contribution in [0.3, 0.4) is 0 Å². The van der Waals surface area contributed by atoms with Gasteiger partial charge in [0, 0.05) is 68.8 Å². The summed E-state index contributed by atoms with van der Waals surface area (Å²) in [5, 5.41) is 31.0. The Hall–Kier alpha value is 7.14. The second kappa shape index (κ2) is 36.6. The van der Waals surface area contributed by atoms with Gasteiger partial charge in [-0.05, 0) is 33.2 Å². The quantitative estimate of drug-likeness (QED) is 0.0380. The first-order valence-corrected chi connectivity index (χ1v) is 50.3. The zero-order chi connectivity index (χ0) is 39.8. The summed E-state index contributed by atoms with van der Waals surface area (Å²) in [7, 11) is 35.1. The van der Waals surface area contributed by atoms with Crippen LogP contribution in [0.25, 0.3) is 0 Å². The van der Waals surface area contributed by atoms with Crippen LogP contribution in [0.5, 0.6) is 0 Å². The minimum absolute atomic E-state index is 0.0950. The molecule has 0 bridgehead atoms. The summed E-state index contributed by atoms with van der Waals surface area (Å²) < 4.78 is 7.38. The number of carboxylic acid groups (broad SMARTS) is 2. The second-order valence-electron chi connectivity index (χ2n) is 9.70. The van der Waals surface area contributed by atoms with Gasteiger partial charge in [-0.3, -0.25) is 44.2 Å². The first kappa shape index (κ1) is 60.2. The molecule has 24 atom stereocenters. The van der Waals surface area contributed by atoms with E-state index < -0.39 is 44.8 Å². The van der Waals surface area contributed by atoms with Gasteiger partial charge in [0.05, 0.1) is 13.5 Å². The van der Waals surface area contributed by atoms with E-state index in [0.717, 1.165) is 27.5 Å². The average Bonchev–Trinajstić information content (AvgIpc) is 3.46. The first-order chi connectivity index (χ1) is 23.7. The molecule has 1 fully saturated rings. The monoisotopic (exact) mass is 1130 g/mol. The van der Waals surface area contributed by atoms with Crippen molar-refractivity contribution in [3.63, 3.8) is 0 Å². The number of nitrogens with two attached hydrogens (primary N) is 1. The number of hydrogen-bond acceptors (Lipinski definition) is 10. The number of rotatable bonds is 23. The van der Waals surface area contributed by atoms with E-state index in [2.05, 4.69) is 132 Å². The summed E-state index contributed by atoms with van der Waals surface area (Å²) in [5.41, 5.74) is 4.94. The molecule has 0 aromatic carbocycles. The lowest BCUT2D eigenvalue weighted by Gasteiger charge is -2.34. The van der Waals surface area contributed by atoms with Crippen LogP contribution in [0.15, 0.2) is 0 Å². The van der Waals surface area contributed by atoms with E-state index in [-0.39, 0.29) is 61.2 Å². The van der Waals surface area contributed by atoms with Gasteiger partial charge < -0.3 is 20.7 Å². The van der Waals surface area contributed by atoms with Gasteiger partial charge in [0.1, 0.15) is 12.1 Å². The lowest BCUT2D eigenvalue weighted by molar-refractivity contribution is -0.142. The highest BCUT2D eigenvalue weighted by Crippen LogP contribution is 2.85. The van der Waals surface area contributed by atoms with Crippen LogP contribution < -0.4 is 26.1 Å². The zero-order valence-corrected chi connectivity index (χ0v) is 50.9. The highest BCUT2D eigenvalue weighted by atomic mass is 32.8. The summed E-state index contributed by atoms with van der Waals surface area (Å²) in [4.78, 5) is 44.0. The molecular formula is C16H56N6O7P22. The summed E-state index contributed by atoms with van der Waals surface area (Å²) >= 11 is 0. The van der Waals surface area contributed by atoms with Crippen molar-refractivity contribution >= 4 is 206 Å². The number of carbonyl (C=O) groups is 4. The third-order valence-electron chi connectivity index (χ3n) is 6.16. The number of aliphatic carboxylic acids is 2. The topological polar surface area (TPSA) is 195 Å². The van der Waals surface area contributed by atoms with Crippen molar-refractivity contribution in [2.45, 2.75) is 56.3 Å². The molecule has 1 saturated heterocycles. The molecule has 0 radical (unpaired) electrons. The molecule has 1 amide bonds. The van der Waals surface area contributed by atoms with E-state index in [1.54, 1.807) is 0 Å². The largest absolute Gasteiger partial charge is 0.480 e. The van der Waals surface area contributed by atoms with Crippen molar-refractivity contribution < 1.29 is 34.1 Å². The highest BCUT2D eigenvalue weighted by molar-refractivity contribution is 8.82. The SMILES string of the molecule is COC(=O)CC1C(NP(P)PP)CCN1P(P)P(P)P.NC(=O)CCC(NP(P)PP)C(=O)O.O=C(O)C(CCNP(P)P(P)P)NP(P)PP. The molecule has 1 aliphatic rings. The number of primary amides is 1.